The van der Waals surface area contributed by atoms with Crippen LogP contribution in [0, 0.1) is 13.8 Å². The zero-order valence-electron chi connectivity index (χ0n) is 13.3. The molecule has 4 nitrogen and oxygen atoms in total. The lowest BCUT2D eigenvalue weighted by Crippen LogP contribution is -2.76. The van der Waals surface area contributed by atoms with Crippen molar-refractivity contribution in [1.29, 1.82) is 0 Å². The molecule has 1 heterocycles. The van der Waals surface area contributed by atoms with E-state index in [4.69, 9.17) is 0 Å². The topological polar surface area (TPSA) is 55.1 Å². The van der Waals surface area contributed by atoms with Gasteiger partial charge in [0.05, 0.1) is 6.54 Å². The first-order valence-corrected chi connectivity index (χ1v) is 7.81. The number of rotatable bonds is 3. The molecule has 0 aliphatic carbocycles. The summed E-state index contributed by atoms with van der Waals surface area (Å²) < 4.78 is 0. The van der Waals surface area contributed by atoms with Gasteiger partial charge in [-0.2, -0.15) is 0 Å². The van der Waals surface area contributed by atoms with Crippen LogP contribution in [0.1, 0.15) is 43.7 Å². The molecule has 0 bridgehead atoms. The van der Waals surface area contributed by atoms with Crippen LogP contribution in [0.25, 0.3) is 0 Å². The van der Waals surface area contributed by atoms with Gasteiger partial charge in [-0.15, -0.1) is 0 Å². The molecule has 0 aromatic heterocycles. The Morgan fingerprint density at radius 2 is 1.90 bits per heavy atom. The highest BCUT2D eigenvalue weighted by molar-refractivity contribution is 5.98. The van der Waals surface area contributed by atoms with Crippen molar-refractivity contribution in [3.05, 3.63) is 29.3 Å². The van der Waals surface area contributed by atoms with E-state index in [1.165, 1.54) is 19.3 Å². The number of para-hydroxylation sites is 1. The Morgan fingerprint density at radius 1 is 1.19 bits per heavy atom. The monoisotopic (exact) mass is 288 g/mol. The molecule has 0 saturated heterocycles. The Hall–Kier alpha value is -1.84. The molecule has 1 atom stereocenters. The van der Waals surface area contributed by atoms with Crippen molar-refractivity contribution in [1.82, 2.24) is 5.32 Å². The average Bonchev–Trinajstić information content (AvgIpc) is 2.71. The molecular formula is C17H26N3O+. The van der Waals surface area contributed by atoms with Gasteiger partial charge < -0.3 is 5.32 Å². The minimum absolute atomic E-state index is 0.00551. The van der Waals surface area contributed by atoms with Gasteiger partial charge >= 0.3 is 0 Å². The summed E-state index contributed by atoms with van der Waals surface area (Å²) in [6.07, 6.45) is 4.64. The molecule has 1 aromatic rings. The zero-order chi connectivity index (χ0) is 15.2. The Kier molecular flexibility index (Phi) is 5.37. The van der Waals surface area contributed by atoms with Crippen LogP contribution in [0.5, 0.6) is 0 Å². The molecule has 1 amide bonds. The number of aryl methyl sites for hydroxylation is 2. The van der Waals surface area contributed by atoms with Crippen LogP contribution in [-0.4, -0.2) is 24.3 Å². The summed E-state index contributed by atoms with van der Waals surface area (Å²) in [7, 11) is 0. The molecule has 1 aliphatic heterocycles. The van der Waals surface area contributed by atoms with Crippen LogP contribution >= 0.6 is 0 Å². The van der Waals surface area contributed by atoms with Crippen molar-refractivity contribution in [3.8, 4) is 0 Å². The van der Waals surface area contributed by atoms with Gasteiger partial charge in [-0.3, -0.25) is 15.1 Å². The first-order chi connectivity index (χ1) is 10.1. The number of carbonyl (C=O) groups excluding carboxylic acids is 1. The first-order valence-electron chi connectivity index (χ1n) is 7.81. The van der Waals surface area contributed by atoms with Crippen LogP contribution in [-0.2, 0) is 4.79 Å². The number of anilines is 1. The second kappa shape index (κ2) is 7.25. The maximum Gasteiger partial charge on any atom is 0.268 e. The SMILES string of the molecule is Cc1cccc(C)c1NC(=O)[C@H](C)NC1=[NH+]CCCCC1. The van der Waals surface area contributed by atoms with Gasteiger partial charge in [0, 0.05) is 12.1 Å². The summed E-state index contributed by atoms with van der Waals surface area (Å²) in [4.78, 5) is 15.7. The zero-order valence-corrected chi connectivity index (χ0v) is 13.3. The van der Waals surface area contributed by atoms with E-state index in [1.54, 1.807) is 0 Å². The van der Waals surface area contributed by atoms with Gasteiger partial charge in [0.25, 0.3) is 5.91 Å². The predicted octanol–water partition coefficient (Wildman–Crippen LogP) is 1.27. The molecule has 3 N–H and O–H groups in total. The molecule has 0 spiro atoms. The Bertz CT molecular complexity index is 517. The molecule has 0 unspecified atom stereocenters. The summed E-state index contributed by atoms with van der Waals surface area (Å²) in [5.41, 5.74) is 3.11. The van der Waals surface area contributed by atoms with Crippen LogP contribution in [0.4, 0.5) is 5.69 Å². The average molecular weight is 288 g/mol. The Morgan fingerprint density at radius 3 is 2.62 bits per heavy atom. The number of nitrogens with one attached hydrogen (secondary N) is 3. The molecule has 114 valence electrons. The van der Waals surface area contributed by atoms with E-state index in [-0.39, 0.29) is 11.9 Å². The number of carbonyl (C=O) groups is 1. The van der Waals surface area contributed by atoms with Crippen molar-refractivity contribution in [2.24, 2.45) is 0 Å². The van der Waals surface area contributed by atoms with Crippen molar-refractivity contribution in [2.45, 2.75) is 52.5 Å². The first kappa shape index (κ1) is 15.5. The molecule has 1 aliphatic rings. The highest BCUT2D eigenvalue weighted by Gasteiger charge is 2.21. The maximum absolute atomic E-state index is 12.4. The van der Waals surface area contributed by atoms with Crippen molar-refractivity contribution >= 4 is 17.4 Å². The molecule has 4 heteroatoms. The quantitative estimate of drug-likeness (QED) is 0.784. The molecule has 1 aromatic carbocycles. The second-order valence-electron chi connectivity index (χ2n) is 5.84. The standard InChI is InChI=1S/C17H25N3O/c1-12-8-7-9-13(2)16(12)20-17(21)14(3)19-15-10-5-4-6-11-18-15/h7-9,14H,4-6,10-11H2,1-3H3,(H,18,19)(H,20,21)/p+1/t14-/m0/s1. The fourth-order valence-corrected chi connectivity index (χ4v) is 2.62. The lowest BCUT2D eigenvalue weighted by atomic mass is 10.1. The van der Waals surface area contributed by atoms with E-state index in [0.29, 0.717) is 0 Å². The third-order valence-electron chi connectivity index (χ3n) is 3.96. The van der Waals surface area contributed by atoms with E-state index in [1.807, 2.05) is 39.0 Å². The number of amidine groups is 1. The Labute approximate surface area is 127 Å². The molecule has 0 saturated carbocycles. The molecule has 0 fully saturated rings. The summed E-state index contributed by atoms with van der Waals surface area (Å²) >= 11 is 0. The van der Waals surface area contributed by atoms with Crippen LogP contribution in [0.15, 0.2) is 18.2 Å². The van der Waals surface area contributed by atoms with Gasteiger partial charge in [0.2, 0.25) is 5.84 Å². The number of hydrogen-bond donors (Lipinski definition) is 3. The normalized spacial score (nSPS) is 16.6. The lowest BCUT2D eigenvalue weighted by Gasteiger charge is -2.14. The van der Waals surface area contributed by atoms with E-state index in [2.05, 4.69) is 15.6 Å². The highest BCUT2D eigenvalue weighted by Crippen LogP contribution is 2.19. The fourth-order valence-electron chi connectivity index (χ4n) is 2.62. The highest BCUT2D eigenvalue weighted by atomic mass is 16.2. The third-order valence-corrected chi connectivity index (χ3v) is 3.96. The predicted molar refractivity (Wildman–Crippen MR) is 86.4 cm³/mol. The molecule has 0 radical (unpaired) electrons. The van der Waals surface area contributed by atoms with Crippen LogP contribution in [0.3, 0.4) is 0 Å². The van der Waals surface area contributed by atoms with Crippen molar-refractivity contribution in [3.63, 3.8) is 0 Å². The van der Waals surface area contributed by atoms with E-state index >= 15 is 0 Å². The summed E-state index contributed by atoms with van der Waals surface area (Å²) in [5.74, 6) is 1.10. The number of amides is 1. The molecule has 21 heavy (non-hydrogen) atoms. The van der Waals surface area contributed by atoms with Crippen LogP contribution in [0.2, 0.25) is 0 Å². The minimum atomic E-state index is -0.246. The third kappa shape index (κ3) is 4.31. The minimum Gasteiger partial charge on any atom is -0.322 e. The summed E-state index contributed by atoms with van der Waals surface area (Å²) in [5, 5.41) is 6.35. The smallest absolute Gasteiger partial charge is 0.268 e. The van der Waals surface area contributed by atoms with Gasteiger partial charge in [0.15, 0.2) is 6.04 Å². The maximum atomic E-state index is 12.4. The fraction of sp³-hybridized carbons (Fsp3) is 0.529. The van der Waals surface area contributed by atoms with Gasteiger partial charge in [0.1, 0.15) is 0 Å². The molecular weight excluding hydrogens is 262 g/mol. The van der Waals surface area contributed by atoms with Gasteiger partial charge in [-0.1, -0.05) is 18.2 Å². The summed E-state index contributed by atoms with van der Waals surface area (Å²) in [6, 6.07) is 5.79. The Balaban J connectivity index is 1.98. The lowest BCUT2D eigenvalue weighted by molar-refractivity contribution is -0.459. The number of hydrogen-bond acceptors (Lipinski definition) is 2. The largest absolute Gasteiger partial charge is 0.322 e. The van der Waals surface area contributed by atoms with Crippen molar-refractivity contribution < 1.29 is 9.79 Å². The van der Waals surface area contributed by atoms with Gasteiger partial charge in [-0.25, -0.2) is 0 Å². The van der Waals surface area contributed by atoms with E-state index < -0.39 is 0 Å². The van der Waals surface area contributed by atoms with E-state index in [0.717, 1.165) is 35.6 Å². The summed E-state index contributed by atoms with van der Waals surface area (Å²) in [6.45, 7) is 6.93. The number of benzene rings is 1. The molecule has 2 rings (SSSR count). The van der Waals surface area contributed by atoms with Gasteiger partial charge in [-0.05, 0) is 51.2 Å². The van der Waals surface area contributed by atoms with Crippen LogP contribution < -0.4 is 15.6 Å². The second-order valence-corrected chi connectivity index (χ2v) is 5.84. The van der Waals surface area contributed by atoms with Crippen molar-refractivity contribution in [2.75, 3.05) is 11.9 Å². The van der Waals surface area contributed by atoms with E-state index in [9.17, 15) is 4.79 Å².